The molecule has 1 fully saturated rings. The Kier molecular flexibility index (Phi) is 6.01. The number of hydrogen-bond acceptors (Lipinski definition) is 1. The average molecular weight is 239 g/mol. The maximum absolute atomic E-state index is 11.7. The molecule has 0 unspecified atom stereocenters. The summed E-state index contributed by atoms with van der Waals surface area (Å²) in [5.74, 6) is 2.62. The van der Waals surface area contributed by atoms with E-state index in [0.717, 1.165) is 18.3 Å². The normalized spacial score (nSPS) is 25.3. The summed E-state index contributed by atoms with van der Waals surface area (Å²) < 4.78 is 0. The zero-order valence-corrected chi connectivity index (χ0v) is 12.0. The molecule has 1 aliphatic rings. The lowest BCUT2D eigenvalue weighted by Gasteiger charge is -2.29. The molecule has 17 heavy (non-hydrogen) atoms. The predicted molar refractivity (Wildman–Crippen MR) is 72.8 cm³/mol. The fraction of sp³-hybridized carbons (Fsp3) is 0.933. The van der Waals surface area contributed by atoms with Crippen LogP contribution >= 0.6 is 0 Å². The van der Waals surface area contributed by atoms with Gasteiger partial charge in [0.25, 0.3) is 0 Å². The standard InChI is InChI=1S/C15H29NO/c1-11(2)9-13-5-7-14(8-6-13)10-15(17)16-12(3)4/h11-14H,5-10H2,1-4H3,(H,16,17). The Morgan fingerprint density at radius 1 is 1.06 bits per heavy atom. The van der Waals surface area contributed by atoms with Crippen LogP contribution in [0.25, 0.3) is 0 Å². The molecule has 0 aliphatic heterocycles. The molecule has 2 nitrogen and oxygen atoms in total. The first-order valence-electron chi connectivity index (χ1n) is 7.26. The molecular formula is C15H29NO. The lowest BCUT2D eigenvalue weighted by molar-refractivity contribution is -0.122. The van der Waals surface area contributed by atoms with E-state index in [9.17, 15) is 4.79 Å². The van der Waals surface area contributed by atoms with Crippen LogP contribution in [0.4, 0.5) is 0 Å². The highest BCUT2D eigenvalue weighted by atomic mass is 16.1. The summed E-state index contributed by atoms with van der Waals surface area (Å²) in [5, 5.41) is 2.99. The molecule has 2 heteroatoms. The first-order chi connectivity index (χ1) is 7.97. The van der Waals surface area contributed by atoms with Gasteiger partial charge in [0.2, 0.25) is 5.91 Å². The van der Waals surface area contributed by atoms with E-state index in [2.05, 4.69) is 19.2 Å². The highest BCUT2D eigenvalue weighted by Crippen LogP contribution is 2.34. The Hall–Kier alpha value is -0.530. The van der Waals surface area contributed by atoms with Gasteiger partial charge in [0.1, 0.15) is 0 Å². The van der Waals surface area contributed by atoms with Crippen LogP contribution in [-0.2, 0) is 4.79 Å². The van der Waals surface area contributed by atoms with E-state index in [4.69, 9.17) is 0 Å². The molecule has 0 saturated heterocycles. The topological polar surface area (TPSA) is 29.1 Å². The Bertz CT molecular complexity index is 227. The van der Waals surface area contributed by atoms with Gasteiger partial charge in [-0.2, -0.15) is 0 Å². The van der Waals surface area contributed by atoms with Gasteiger partial charge in [0.05, 0.1) is 0 Å². The monoisotopic (exact) mass is 239 g/mol. The number of amides is 1. The van der Waals surface area contributed by atoms with Crippen molar-refractivity contribution in [3.63, 3.8) is 0 Å². The van der Waals surface area contributed by atoms with Crippen molar-refractivity contribution < 1.29 is 4.79 Å². The first kappa shape index (κ1) is 14.5. The molecule has 1 saturated carbocycles. The Morgan fingerprint density at radius 2 is 1.59 bits per heavy atom. The minimum absolute atomic E-state index is 0.243. The van der Waals surface area contributed by atoms with Crippen LogP contribution in [0.3, 0.4) is 0 Å². The van der Waals surface area contributed by atoms with Gasteiger partial charge >= 0.3 is 0 Å². The van der Waals surface area contributed by atoms with Crippen molar-refractivity contribution in [3.05, 3.63) is 0 Å². The van der Waals surface area contributed by atoms with E-state index in [1.807, 2.05) is 13.8 Å². The summed E-state index contributed by atoms with van der Waals surface area (Å²) in [6.07, 6.45) is 7.28. The maximum atomic E-state index is 11.7. The maximum Gasteiger partial charge on any atom is 0.220 e. The highest BCUT2D eigenvalue weighted by molar-refractivity contribution is 5.76. The summed E-state index contributed by atoms with van der Waals surface area (Å²) in [5.41, 5.74) is 0. The second kappa shape index (κ2) is 7.03. The Balaban J connectivity index is 2.20. The van der Waals surface area contributed by atoms with Crippen LogP contribution in [0.1, 0.15) is 66.2 Å². The lowest BCUT2D eigenvalue weighted by Crippen LogP contribution is -2.32. The molecule has 0 bridgehead atoms. The van der Waals surface area contributed by atoms with Gasteiger partial charge in [0.15, 0.2) is 0 Å². The van der Waals surface area contributed by atoms with Gasteiger partial charge in [-0.05, 0) is 50.9 Å². The van der Waals surface area contributed by atoms with Crippen LogP contribution in [0.15, 0.2) is 0 Å². The molecule has 0 radical (unpaired) electrons. The van der Waals surface area contributed by atoms with Crippen molar-refractivity contribution in [3.8, 4) is 0 Å². The zero-order valence-electron chi connectivity index (χ0n) is 12.0. The van der Waals surface area contributed by atoms with Crippen molar-refractivity contribution in [2.24, 2.45) is 17.8 Å². The number of hydrogen-bond donors (Lipinski definition) is 1. The number of carbonyl (C=O) groups is 1. The molecule has 100 valence electrons. The molecule has 0 aromatic carbocycles. The second-order valence-electron chi connectivity index (χ2n) is 6.44. The highest BCUT2D eigenvalue weighted by Gasteiger charge is 2.23. The fourth-order valence-corrected chi connectivity index (χ4v) is 2.98. The van der Waals surface area contributed by atoms with E-state index in [-0.39, 0.29) is 11.9 Å². The van der Waals surface area contributed by atoms with E-state index < -0.39 is 0 Å². The first-order valence-corrected chi connectivity index (χ1v) is 7.26. The molecule has 0 aromatic heterocycles. The third-order valence-corrected chi connectivity index (χ3v) is 3.69. The predicted octanol–water partition coefficient (Wildman–Crippen LogP) is 3.75. The van der Waals surface area contributed by atoms with Crippen LogP contribution in [-0.4, -0.2) is 11.9 Å². The lowest BCUT2D eigenvalue weighted by atomic mass is 9.77. The molecule has 0 spiro atoms. The largest absolute Gasteiger partial charge is 0.354 e. The van der Waals surface area contributed by atoms with E-state index in [1.165, 1.54) is 32.1 Å². The summed E-state index contributed by atoms with van der Waals surface area (Å²) in [6.45, 7) is 8.67. The fourth-order valence-electron chi connectivity index (χ4n) is 2.98. The van der Waals surface area contributed by atoms with Gasteiger partial charge in [0, 0.05) is 12.5 Å². The van der Waals surface area contributed by atoms with Crippen molar-refractivity contribution in [1.29, 1.82) is 0 Å². The molecular weight excluding hydrogens is 210 g/mol. The van der Waals surface area contributed by atoms with Gasteiger partial charge in [-0.15, -0.1) is 0 Å². The molecule has 1 amide bonds. The van der Waals surface area contributed by atoms with Crippen molar-refractivity contribution in [2.75, 3.05) is 0 Å². The van der Waals surface area contributed by atoms with Crippen LogP contribution in [0.5, 0.6) is 0 Å². The van der Waals surface area contributed by atoms with Crippen LogP contribution in [0.2, 0.25) is 0 Å². The molecule has 1 aliphatic carbocycles. The third-order valence-electron chi connectivity index (χ3n) is 3.69. The molecule has 0 heterocycles. The van der Waals surface area contributed by atoms with Crippen LogP contribution < -0.4 is 5.32 Å². The quantitative estimate of drug-likeness (QED) is 0.777. The van der Waals surface area contributed by atoms with E-state index in [1.54, 1.807) is 0 Å². The third kappa shape index (κ3) is 6.09. The average Bonchev–Trinajstić information content (AvgIpc) is 2.18. The minimum Gasteiger partial charge on any atom is -0.354 e. The van der Waals surface area contributed by atoms with Gasteiger partial charge in [-0.1, -0.05) is 26.7 Å². The van der Waals surface area contributed by atoms with Crippen molar-refractivity contribution in [2.45, 2.75) is 72.3 Å². The van der Waals surface area contributed by atoms with Crippen molar-refractivity contribution >= 4 is 5.91 Å². The van der Waals surface area contributed by atoms with Gasteiger partial charge in [-0.3, -0.25) is 4.79 Å². The summed E-state index contributed by atoms with van der Waals surface area (Å²) in [6, 6.07) is 0.278. The van der Waals surface area contributed by atoms with Gasteiger partial charge < -0.3 is 5.32 Å². The number of nitrogens with one attached hydrogen (secondary N) is 1. The van der Waals surface area contributed by atoms with Gasteiger partial charge in [-0.25, -0.2) is 0 Å². The Labute approximate surface area is 107 Å². The summed E-state index contributed by atoms with van der Waals surface area (Å²) >= 11 is 0. The number of carbonyl (C=O) groups excluding carboxylic acids is 1. The smallest absolute Gasteiger partial charge is 0.220 e. The molecule has 0 aromatic rings. The Morgan fingerprint density at radius 3 is 2.06 bits per heavy atom. The van der Waals surface area contributed by atoms with Crippen LogP contribution in [0, 0.1) is 17.8 Å². The second-order valence-corrected chi connectivity index (χ2v) is 6.44. The summed E-state index contributed by atoms with van der Waals surface area (Å²) in [4.78, 5) is 11.7. The number of rotatable bonds is 5. The molecule has 0 atom stereocenters. The zero-order chi connectivity index (χ0) is 12.8. The molecule has 1 rings (SSSR count). The summed E-state index contributed by atoms with van der Waals surface area (Å²) in [7, 11) is 0. The molecule has 1 N–H and O–H groups in total. The SMILES string of the molecule is CC(C)CC1CCC(CC(=O)NC(C)C)CC1. The van der Waals surface area contributed by atoms with E-state index >= 15 is 0 Å². The van der Waals surface area contributed by atoms with Crippen molar-refractivity contribution in [1.82, 2.24) is 5.32 Å². The van der Waals surface area contributed by atoms with E-state index in [0.29, 0.717) is 5.92 Å². The minimum atomic E-state index is 0.243.